The van der Waals surface area contributed by atoms with Gasteiger partial charge in [0.15, 0.2) is 0 Å². The Morgan fingerprint density at radius 3 is 3.00 bits per heavy atom. The molecule has 2 rings (SSSR count). The highest BCUT2D eigenvalue weighted by atomic mass is 16.5. The number of anilines is 1. The summed E-state index contributed by atoms with van der Waals surface area (Å²) in [5.74, 6) is 0.523. The number of nitrogen functional groups attached to an aromatic ring is 1. The van der Waals surface area contributed by atoms with E-state index in [4.69, 9.17) is 10.5 Å². The fourth-order valence-corrected chi connectivity index (χ4v) is 1.54. The minimum Gasteiger partial charge on any atom is -0.464 e. The molecule has 8 nitrogen and oxygen atoms in total. The van der Waals surface area contributed by atoms with Gasteiger partial charge in [-0.2, -0.15) is 0 Å². The molecule has 0 spiro atoms. The summed E-state index contributed by atoms with van der Waals surface area (Å²) in [6, 6.07) is 5.02. The van der Waals surface area contributed by atoms with E-state index >= 15 is 0 Å². The van der Waals surface area contributed by atoms with Gasteiger partial charge in [0.1, 0.15) is 18.1 Å². The van der Waals surface area contributed by atoms with Gasteiger partial charge in [0.05, 0.1) is 6.04 Å². The number of nitrogens with two attached hydrogens (primary N) is 1. The Labute approximate surface area is 109 Å². The highest BCUT2D eigenvalue weighted by Gasteiger charge is 2.16. The molecule has 100 valence electrons. The molecule has 2 heterocycles. The fraction of sp³-hybridized carbons (Fsp3) is 0.364. The molecule has 0 saturated carbocycles. The van der Waals surface area contributed by atoms with Crippen molar-refractivity contribution in [3.05, 3.63) is 18.2 Å². The lowest BCUT2D eigenvalue weighted by atomic mass is 10.3. The molecular weight excluding hydrogens is 248 g/mol. The quantitative estimate of drug-likeness (QED) is 0.796. The summed E-state index contributed by atoms with van der Waals surface area (Å²) < 4.78 is 6.49. The minimum atomic E-state index is -0.344. The van der Waals surface area contributed by atoms with Gasteiger partial charge in [-0.15, -0.1) is 5.10 Å². The average molecular weight is 262 g/mol. The first-order valence-electron chi connectivity index (χ1n) is 5.72. The van der Waals surface area contributed by atoms with Gasteiger partial charge in [0.25, 0.3) is 0 Å². The lowest BCUT2D eigenvalue weighted by Gasteiger charge is -2.12. The zero-order valence-electron chi connectivity index (χ0n) is 10.6. The highest BCUT2D eigenvalue weighted by Crippen LogP contribution is 2.17. The molecule has 0 aromatic carbocycles. The van der Waals surface area contributed by atoms with Gasteiger partial charge in [-0.3, -0.25) is 4.79 Å². The van der Waals surface area contributed by atoms with Crippen molar-refractivity contribution in [2.45, 2.75) is 19.9 Å². The van der Waals surface area contributed by atoms with E-state index in [9.17, 15) is 4.79 Å². The Balaban J connectivity index is 2.24. The van der Waals surface area contributed by atoms with Crippen LogP contribution in [0.3, 0.4) is 0 Å². The second kappa shape index (κ2) is 5.42. The van der Waals surface area contributed by atoms with Crippen LogP contribution in [0.25, 0.3) is 11.5 Å². The fourth-order valence-electron chi connectivity index (χ4n) is 1.54. The first-order chi connectivity index (χ1) is 9.08. The van der Waals surface area contributed by atoms with Crippen molar-refractivity contribution in [1.82, 2.24) is 25.2 Å². The monoisotopic (exact) mass is 262 g/mol. The summed E-state index contributed by atoms with van der Waals surface area (Å²) >= 11 is 0. The number of esters is 1. The van der Waals surface area contributed by atoms with Gasteiger partial charge in [0, 0.05) is 6.92 Å². The first-order valence-corrected chi connectivity index (χ1v) is 5.72. The number of carbonyl (C=O) groups is 1. The molecule has 0 amide bonds. The van der Waals surface area contributed by atoms with E-state index in [0.717, 1.165) is 0 Å². The Kier molecular flexibility index (Phi) is 3.69. The van der Waals surface area contributed by atoms with Crippen LogP contribution in [0.15, 0.2) is 18.2 Å². The van der Waals surface area contributed by atoms with Crippen molar-refractivity contribution < 1.29 is 9.53 Å². The molecule has 0 saturated heterocycles. The van der Waals surface area contributed by atoms with Crippen molar-refractivity contribution in [3.63, 3.8) is 0 Å². The standard InChI is InChI=1S/C11H14N6O2/c1-7(6-19-8(2)18)17-11(14-15-16-17)9-4-3-5-10(12)13-9/h3-5,7H,6H2,1-2H3,(H2,12,13)/t7-/m0/s1. The van der Waals surface area contributed by atoms with Crippen molar-refractivity contribution in [1.29, 1.82) is 0 Å². The van der Waals surface area contributed by atoms with E-state index in [1.807, 2.05) is 6.92 Å². The number of ether oxygens (including phenoxy) is 1. The number of carbonyl (C=O) groups excluding carboxylic acids is 1. The van der Waals surface area contributed by atoms with Gasteiger partial charge in [-0.25, -0.2) is 9.67 Å². The Hall–Kier alpha value is -2.51. The van der Waals surface area contributed by atoms with Gasteiger partial charge < -0.3 is 10.5 Å². The van der Waals surface area contributed by atoms with Crippen LogP contribution in [0.5, 0.6) is 0 Å². The van der Waals surface area contributed by atoms with E-state index in [1.54, 1.807) is 22.9 Å². The number of hydrogen-bond acceptors (Lipinski definition) is 7. The van der Waals surface area contributed by atoms with Crippen LogP contribution in [0.2, 0.25) is 0 Å². The van der Waals surface area contributed by atoms with Crippen molar-refractivity contribution in [2.75, 3.05) is 12.3 Å². The second-order valence-electron chi connectivity index (χ2n) is 4.05. The summed E-state index contributed by atoms with van der Waals surface area (Å²) in [5, 5.41) is 11.4. The van der Waals surface area contributed by atoms with Gasteiger partial charge in [-0.05, 0) is 29.5 Å². The van der Waals surface area contributed by atoms with Crippen LogP contribution in [0.1, 0.15) is 19.9 Å². The lowest BCUT2D eigenvalue weighted by Crippen LogP contribution is -2.17. The first kappa shape index (κ1) is 12.9. The predicted molar refractivity (Wildman–Crippen MR) is 66.8 cm³/mol. The topological polar surface area (TPSA) is 109 Å². The summed E-state index contributed by atoms with van der Waals surface area (Å²) in [6.45, 7) is 3.39. The Morgan fingerprint density at radius 2 is 2.32 bits per heavy atom. The molecular formula is C11H14N6O2. The zero-order valence-corrected chi connectivity index (χ0v) is 10.6. The molecule has 2 N–H and O–H groups in total. The molecule has 2 aromatic heterocycles. The Morgan fingerprint density at radius 1 is 1.53 bits per heavy atom. The minimum absolute atomic E-state index is 0.190. The molecule has 0 aliphatic rings. The number of nitrogens with zero attached hydrogens (tertiary/aromatic N) is 5. The summed E-state index contributed by atoms with van der Waals surface area (Å²) in [7, 11) is 0. The number of pyridine rings is 1. The van der Waals surface area contributed by atoms with E-state index in [1.165, 1.54) is 6.92 Å². The molecule has 1 atom stereocenters. The van der Waals surface area contributed by atoms with Crippen molar-refractivity contribution in [3.8, 4) is 11.5 Å². The predicted octanol–water partition coefficient (Wildman–Crippen LogP) is 0.441. The SMILES string of the molecule is CC(=O)OC[C@H](C)n1nnnc1-c1cccc(N)n1. The van der Waals surface area contributed by atoms with E-state index < -0.39 is 0 Å². The van der Waals surface area contributed by atoms with Crippen molar-refractivity contribution >= 4 is 11.8 Å². The summed E-state index contributed by atoms with van der Waals surface area (Å²) in [4.78, 5) is 15.0. The highest BCUT2D eigenvalue weighted by molar-refractivity contribution is 5.65. The molecule has 0 radical (unpaired) electrons. The average Bonchev–Trinajstić information content (AvgIpc) is 2.85. The largest absolute Gasteiger partial charge is 0.464 e. The maximum absolute atomic E-state index is 10.8. The number of hydrogen-bond donors (Lipinski definition) is 1. The maximum Gasteiger partial charge on any atom is 0.302 e. The normalized spacial score (nSPS) is 12.1. The number of tetrazole rings is 1. The number of aromatic nitrogens is 5. The van der Waals surface area contributed by atoms with Crippen LogP contribution in [0.4, 0.5) is 5.82 Å². The third-order valence-electron chi connectivity index (χ3n) is 2.44. The number of rotatable bonds is 4. The Bertz CT molecular complexity index is 582. The summed E-state index contributed by atoms with van der Waals surface area (Å²) in [6.07, 6.45) is 0. The van der Waals surface area contributed by atoms with Crippen molar-refractivity contribution in [2.24, 2.45) is 0 Å². The summed E-state index contributed by atoms with van der Waals surface area (Å²) in [5.41, 5.74) is 6.20. The van der Waals surface area contributed by atoms with Crippen LogP contribution in [-0.4, -0.2) is 37.8 Å². The maximum atomic E-state index is 10.8. The van der Waals surface area contributed by atoms with Crippen LogP contribution >= 0.6 is 0 Å². The second-order valence-corrected chi connectivity index (χ2v) is 4.05. The van der Waals surface area contributed by atoms with Gasteiger partial charge in [-0.1, -0.05) is 6.07 Å². The molecule has 0 fully saturated rings. The molecule has 0 aliphatic carbocycles. The van der Waals surface area contributed by atoms with Gasteiger partial charge >= 0.3 is 5.97 Å². The van der Waals surface area contributed by atoms with Gasteiger partial charge in [0.2, 0.25) is 5.82 Å². The smallest absolute Gasteiger partial charge is 0.302 e. The molecule has 19 heavy (non-hydrogen) atoms. The molecule has 0 aliphatic heterocycles. The van der Waals surface area contributed by atoms with Crippen LogP contribution < -0.4 is 5.73 Å². The molecule has 0 bridgehead atoms. The van der Waals surface area contributed by atoms with E-state index in [-0.39, 0.29) is 18.6 Å². The third kappa shape index (κ3) is 3.03. The zero-order chi connectivity index (χ0) is 13.8. The molecule has 2 aromatic rings. The molecule has 8 heteroatoms. The van der Waals surface area contributed by atoms with Crippen LogP contribution in [0, 0.1) is 0 Å². The van der Waals surface area contributed by atoms with E-state index in [2.05, 4.69) is 20.5 Å². The molecule has 0 unspecified atom stereocenters. The third-order valence-corrected chi connectivity index (χ3v) is 2.44. The van der Waals surface area contributed by atoms with E-state index in [0.29, 0.717) is 17.3 Å². The lowest BCUT2D eigenvalue weighted by molar-refractivity contribution is -0.142. The van der Waals surface area contributed by atoms with Crippen LogP contribution in [-0.2, 0) is 9.53 Å².